The van der Waals surface area contributed by atoms with E-state index in [-0.39, 0.29) is 0 Å². The number of ether oxygens (including phenoxy) is 1. The molecule has 1 saturated heterocycles. The third-order valence-corrected chi connectivity index (χ3v) is 3.55. The lowest BCUT2D eigenvalue weighted by Crippen LogP contribution is -2.28. The van der Waals surface area contributed by atoms with Crippen LogP contribution in [0, 0.1) is 6.92 Å². The zero-order chi connectivity index (χ0) is 13.8. The highest BCUT2D eigenvalue weighted by atomic mass is 16.5. The summed E-state index contributed by atoms with van der Waals surface area (Å²) in [5.74, 6) is 1.46. The quantitative estimate of drug-likeness (QED) is 0.926. The number of aryl methyl sites for hydroxylation is 1. The highest BCUT2D eigenvalue weighted by molar-refractivity contribution is 5.55. The van der Waals surface area contributed by atoms with Crippen molar-refractivity contribution in [2.75, 3.05) is 13.2 Å². The van der Waals surface area contributed by atoms with Crippen LogP contribution < -0.4 is 10.1 Å². The molecule has 4 heteroatoms. The molecule has 1 aromatic carbocycles. The molecule has 1 atom stereocenters. The molecular formula is C16H19N3O. The molecule has 1 fully saturated rings. The standard InChI is InChI=1S/C16H19N3O/c1-12-4-6-13(7-5-12)16-18-9-15(10-19-16)20-11-14-3-2-8-17-14/h4-7,9-10,14,17H,2-3,8,11H2,1H3. The van der Waals surface area contributed by atoms with Crippen molar-refractivity contribution in [3.63, 3.8) is 0 Å². The molecule has 104 valence electrons. The van der Waals surface area contributed by atoms with E-state index < -0.39 is 0 Å². The molecule has 0 bridgehead atoms. The van der Waals surface area contributed by atoms with E-state index in [4.69, 9.17) is 4.74 Å². The lowest BCUT2D eigenvalue weighted by Gasteiger charge is -2.11. The number of nitrogens with zero attached hydrogens (tertiary/aromatic N) is 2. The highest BCUT2D eigenvalue weighted by Gasteiger charge is 2.14. The van der Waals surface area contributed by atoms with Crippen LogP contribution in [0.25, 0.3) is 11.4 Å². The van der Waals surface area contributed by atoms with Gasteiger partial charge in [0.1, 0.15) is 6.61 Å². The maximum absolute atomic E-state index is 5.71. The van der Waals surface area contributed by atoms with Gasteiger partial charge in [0.05, 0.1) is 12.4 Å². The first-order chi connectivity index (χ1) is 9.81. The number of hydrogen-bond acceptors (Lipinski definition) is 4. The van der Waals surface area contributed by atoms with Crippen molar-refractivity contribution in [3.8, 4) is 17.1 Å². The Morgan fingerprint density at radius 1 is 1.20 bits per heavy atom. The van der Waals surface area contributed by atoms with E-state index in [1.807, 2.05) is 12.1 Å². The Kier molecular flexibility index (Phi) is 3.92. The first-order valence-electron chi connectivity index (χ1n) is 7.06. The average Bonchev–Trinajstić information content (AvgIpc) is 3.00. The molecule has 0 amide bonds. The fourth-order valence-electron chi connectivity index (χ4n) is 2.34. The summed E-state index contributed by atoms with van der Waals surface area (Å²) in [5.41, 5.74) is 2.26. The molecule has 1 aromatic heterocycles. The van der Waals surface area contributed by atoms with Crippen molar-refractivity contribution in [2.24, 2.45) is 0 Å². The largest absolute Gasteiger partial charge is 0.489 e. The lowest BCUT2D eigenvalue weighted by atomic mass is 10.1. The van der Waals surface area contributed by atoms with E-state index in [0.717, 1.165) is 23.7 Å². The van der Waals surface area contributed by atoms with Gasteiger partial charge >= 0.3 is 0 Å². The third-order valence-electron chi connectivity index (χ3n) is 3.55. The Bertz CT molecular complexity index is 545. The molecule has 0 aliphatic carbocycles. The minimum atomic E-state index is 0.465. The Hall–Kier alpha value is -1.94. The van der Waals surface area contributed by atoms with Gasteiger partial charge in [-0.05, 0) is 26.3 Å². The number of aromatic nitrogens is 2. The van der Waals surface area contributed by atoms with E-state index in [2.05, 4.69) is 34.3 Å². The number of nitrogens with one attached hydrogen (secondary N) is 1. The van der Waals surface area contributed by atoms with Gasteiger partial charge in [-0.1, -0.05) is 29.8 Å². The maximum Gasteiger partial charge on any atom is 0.159 e. The summed E-state index contributed by atoms with van der Waals surface area (Å²) in [4.78, 5) is 8.73. The van der Waals surface area contributed by atoms with E-state index in [1.165, 1.54) is 18.4 Å². The fraction of sp³-hybridized carbons (Fsp3) is 0.375. The molecule has 20 heavy (non-hydrogen) atoms. The van der Waals surface area contributed by atoms with Gasteiger partial charge in [-0.3, -0.25) is 0 Å². The molecule has 1 aliphatic rings. The van der Waals surface area contributed by atoms with E-state index in [9.17, 15) is 0 Å². The molecule has 0 radical (unpaired) electrons. The molecule has 1 N–H and O–H groups in total. The highest BCUT2D eigenvalue weighted by Crippen LogP contribution is 2.17. The van der Waals surface area contributed by atoms with Gasteiger partial charge < -0.3 is 10.1 Å². The van der Waals surface area contributed by atoms with Crippen LogP contribution in [0.2, 0.25) is 0 Å². The number of hydrogen-bond donors (Lipinski definition) is 1. The van der Waals surface area contributed by atoms with Gasteiger partial charge in [0.25, 0.3) is 0 Å². The Labute approximate surface area is 119 Å². The molecule has 0 spiro atoms. The zero-order valence-corrected chi connectivity index (χ0v) is 11.7. The zero-order valence-electron chi connectivity index (χ0n) is 11.7. The van der Waals surface area contributed by atoms with Gasteiger partial charge in [-0.25, -0.2) is 9.97 Å². The Morgan fingerprint density at radius 3 is 2.60 bits per heavy atom. The molecule has 3 rings (SSSR count). The van der Waals surface area contributed by atoms with Crippen LogP contribution in [0.1, 0.15) is 18.4 Å². The molecule has 4 nitrogen and oxygen atoms in total. The smallest absolute Gasteiger partial charge is 0.159 e. The first-order valence-corrected chi connectivity index (χ1v) is 7.06. The van der Waals surface area contributed by atoms with Crippen molar-refractivity contribution >= 4 is 0 Å². The van der Waals surface area contributed by atoms with Crippen molar-refractivity contribution in [3.05, 3.63) is 42.2 Å². The molecular weight excluding hydrogens is 250 g/mol. The van der Waals surface area contributed by atoms with Crippen molar-refractivity contribution in [1.29, 1.82) is 0 Å². The van der Waals surface area contributed by atoms with Gasteiger partial charge in [0.2, 0.25) is 0 Å². The van der Waals surface area contributed by atoms with Crippen molar-refractivity contribution in [2.45, 2.75) is 25.8 Å². The van der Waals surface area contributed by atoms with Crippen molar-refractivity contribution < 1.29 is 4.74 Å². The Balaban J connectivity index is 1.63. The van der Waals surface area contributed by atoms with Crippen LogP contribution in [0.15, 0.2) is 36.7 Å². The van der Waals surface area contributed by atoms with Crippen LogP contribution in [0.4, 0.5) is 0 Å². The van der Waals surface area contributed by atoms with E-state index in [1.54, 1.807) is 12.4 Å². The molecule has 0 saturated carbocycles. The second kappa shape index (κ2) is 6.01. The minimum Gasteiger partial charge on any atom is -0.489 e. The predicted molar refractivity (Wildman–Crippen MR) is 78.7 cm³/mol. The van der Waals surface area contributed by atoms with Crippen LogP contribution >= 0.6 is 0 Å². The molecule has 2 aromatic rings. The second-order valence-corrected chi connectivity index (χ2v) is 5.21. The predicted octanol–water partition coefficient (Wildman–Crippen LogP) is 2.58. The summed E-state index contributed by atoms with van der Waals surface area (Å²) < 4.78 is 5.71. The van der Waals surface area contributed by atoms with E-state index >= 15 is 0 Å². The first kappa shape index (κ1) is 13.1. The van der Waals surface area contributed by atoms with Crippen molar-refractivity contribution in [1.82, 2.24) is 15.3 Å². The average molecular weight is 269 g/mol. The maximum atomic E-state index is 5.71. The van der Waals surface area contributed by atoms with Crippen LogP contribution in [-0.4, -0.2) is 29.2 Å². The molecule has 1 aliphatic heterocycles. The summed E-state index contributed by atoms with van der Waals surface area (Å²) >= 11 is 0. The summed E-state index contributed by atoms with van der Waals surface area (Å²) in [5, 5.41) is 3.40. The topological polar surface area (TPSA) is 47.0 Å². The molecule has 2 heterocycles. The minimum absolute atomic E-state index is 0.465. The summed E-state index contributed by atoms with van der Waals surface area (Å²) in [6, 6.07) is 8.66. The van der Waals surface area contributed by atoms with Crippen LogP contribution in [0.3, 0.4) is 0 Å². The second-order valence-electron chi connectivity index (χ2n) is 5.21. The Morgan fingerprint density at radius 2 is 1.95 bits per heavy atom. The fourth-order valence-corrected chi connectivity index (χ4v) is 2.34. The normalized spacial score (nSPS) is 18.1. The number of rotatable bonds is 4. The lowest BCUT2D eigenvalue weighted by molar-refractivity contribution is 0.275. The summed E-state index contributed by atoms with van der Waals surface area (Å²) in [7, 11) is 0. The van der Waals surface area contributed by atoms with Crippen LogP contribution in [-0.2, 0) is 0 Å². The third kappa shape index (κ3) is 3.14. The van der Waals surface area contributed by atoms with Gasteiger partial charge in [0.15, 0.2) is 11.6 Å². The van der Waals surface area contributed by atoms with Crippen LogP contribution in [0.5, 0.6) is 5.75 Å². The SMILES string of the molecule is Cc1ccc(-c2ncc(OCC3CCCN3)cn2)cc1. The van der Waals surface area contributed by atoms with Gasteiger partial charge in [-0.15, -0.1) is 0 Å². The van der Waals surface area contributed by atoms with Gasteiger partial charge in [-0.2, -0.15) is 0 Å². The van der Waals surface area contributed by atoms with E-state index in [0.29, 0.717) is 12.6 Å². The summed E-state index contributed by atoms with van der Waals surface area (Å²) in [6.07, 6.45) is 5.91. The number of benzene rings is 1. The monoisotopic (exact) mass is 269 g/mol. The van der Waals surface area contributed by atoms with Gasteiger partial charge in [0, 0.05) is 11.6 Å². The molecule has 1 unspecified atom stereocenters. The summed E-state index contributed by atoms with van der Waals surface area (Å²) in [6.45, 7) is 3.85.